The third-order valence-electron chi connectivity index (χ3n) is 12.4. The van der Waals surface area contributed by atoms with Crippen LogP contribution in [0.1, 0.15) is 0 Å². The molecule has 4 heteroatoms. The van der Waals surface area contributed by atoms with E-state index in [1.807, 2.05) is 12.1 Å². The number of rotatable bonds is 6. The summed E-state index contributed by atoms with van der Waals surface area (Å²) in [6.45, 7) is 0. The second-order valence-corrected chi connectivity index (χ2v) is 15.8. The van der Waals surface area contributed by atoms with E-state index in [9.17, 15) is 0 Å². The standard InChI is InChI=1S/C56H34N4/c1-4-12-35(13-5-1)46-34-47(36-14-6-2-7-15-36)58-56(57-46)39-24-27-43(28-25-39)59-49-21-11-17-38-26-29-45-44(30-31-50(59)55(45)53(38)49)41-32-40-23-22-37-16-10-20-48-52(37)54(40)51(33-41)60(48)42-18-8-3-9-19-42/h1-34H. The number of benzene rings is 10. The lowest BCUT2D eigenvalue weighted by Gasteiger charge is -2.13. The van der Waals surface area contributed by atoms with Gasteiger partial charge in [-0.3, -0.25) is 0 Å². The Kier molecular flexibility index (Phi) is 6.98. The molecule has 0 atom stereocenters. The zero-order valence-electron chi connectivity index (χ0n) is 32.4. The van der Waals surface area contributed by atoms with Crippen LogP contribution in [0.4, 0.5) is 0 Å². The highest BCUT2D eigenvalue weighted by molar-refractivity contribution is 6.28. The van der Waals surface area contributed by atoms with Gasteiger partial charge in [-0.05, 0) is 105 Å². The summed E-state index contributed by atoms with van der Waals surface area (Å²) in [5.74, 6) is 0.702. The van der Waals surface area contributed by atoms with E-state index in [-0.39, 0.29) is 0 Å². The van der Waals surface area contributed by atoms with Crippen molar-refractivity contribution in [1.29, 1.82) is 0 Å². The Morgan fingerprint density at radius 1 is 0.300 bits per heavy atom. The highest BCUT2D eigenvalue weighted by Crippen LogP contribution is 2.46. The lowest BCUT2D eigenvalue weighted by atomic mass is 9.92. The molecule has 3 aromatic heterocycles. The van der Waals surface area contributed by atoms with Crippen LogP contribution < -0.4 is 0 Å². The third-order valence-corrected chi connectivity index (χ3v) is 12.4. The first-order chi connectivity index (χ1) is 29.7. The molecule has 0 saturated carbocycles. The van der Waals surface area contributed by atoms with E-state index in [1.54, 1.807) is 0 Å². The van der Waals surface area contributed by atoms with E-state index in [2.05, 4.69) is 203 Å². The van der Waals surface area contributed by atoms with Crippen LogP contribution in [0.15, 0.2) is 206 Å². The van der Waals surface area contributed by atoms with Gasteiger partial charge in [0.2, 0.25) is 0 Å². The molecule has 0 spiro atoms. The Bertz CT molecular complexity index is 3670. The molecule has 278 valence electrons. The Hall–Kier alpha value is -8.08. The van der Waals surface area contributed by atoms with Crippen molar-refractivity contribution < 1.29 is 0 Å². The van der Waals surface area contributed by atoms with Crippen LogP contribution in [0, 0.1) is 0 Å². The van der Waals surface area contributed by atoms with Gasteiger partial charge in [0, 0.05) is 49.6 Å². The molecule has 13 aromatic rings. The molecule has 0 saturated heterocycles. The zero-order valence-corrected chi connectivity index (χ0v) is 32.4. The van der Waals surface area contributed by atoms with Crippen molar-refractivity contribution in [1.82, 2.24) is 19.1 Å². The lowest BCUT2D eigenvalue weighted by Crippen LogP contribution is -1.97. The monoisotopic (exact) mass is 762 g/mol. The van der Waals surface area contributed by atoms with Crippen LogP contribution in [0.3, 0.4) is 0 Å². The van der Waals surface area contributed by atoms with Crippen LogP contribution in [-0.4, -0.2) is 19.1 Å². The van der Waals surface area contributed by atoms with Gasteiger partial charge in [0.05, 0.1) is 33.5 Å². The Morgan fingerprint density at radius 3 is 1.50 bits per heavy atom. The first-order valence-electron chi connectivity index (χ1n) is 20.5. The fourth-order valence-electron chi connectivity index (χ4n) is 9.77. The number of aromatic nitrogens is 4. The Morgan fingerprint density at radius 2 is 0.833 bits per heavy atom. The summed E-state index contributed by atoms with van der Waals surface area (Å²) in [5.41, 5.74) is 14.4. The SMILES string of the molecule is c1ccc(-c2cc(-c3ccccc3)nc(-c3ccc(-n4c5cccc6ccc7c(-c8cc9ccc%10cccc%11c%10c9c(c8)n%11-c8ccccc8)ccc4c7c65)cc3)n2)cc1. The summed E-state index contributed by atoms with van der Waals surface area (Å²) in [6.07, 6.45) is 0. The molecular weight excluding hydrogens is 729 g/mol. The molecule has 0 radical (unpaired) electrons. The Balaban J connectivity index is 0.978. The Labute approximate surface area is 345 Å². The van der Waals surface area contributed by atoms with Crippen molar-refractivity contribution in [2.24, 2.45) is 0 Å². The molecule has 0 unspecified atom stereocenters. The van der Waals surface area contributed by atoms with Gasteiger partial charge in [-0.15, -0.1) is 0 Å². The molecule has 3 heterocycles. The van der Waals surface area contributed by atoms with E-state index < -0.39 is 0 Å². The summed E-state index contributed by atoms with van der Waals surface area (Å²) in [6, 6.07) is 74.2. The molecule has 4 nitrogen and oxygen atoms in total. The van der Waals surface area contributed by atoms with Crippen LogP contribution in [0.25, 0.3) is 122 Å². The lowest BCUT2D eigenvalue weighted by molar-refractivity contribution is 1.16. The smallest absolute Gasteiger partial charge is 0.160 e. The minimum absolute atomic E-state index is 0.702. The average Bonchev–Trinajstić information content (AvgIpc) is 3.85. The van der Waals surface area contributed by atoms with E-state index in [4.69, 9.17) is 9.97 Å². The first kappa shape index (κ1) is 32.9. The number of hydrogen-bond donors (Lipinski definition) is 0. The van der Waals surface area contributed by atoms with E-state index in [1.165, 1.54) is 82.0 Å². The summed E-state index contributed by atoms with van der Waals surface area (Å²) < 4.78 is 4.85. The molecule has 0 fully saturated rings. The molecule has 0 aliphatic rings. The second-order valence-electron chi connectivity index (χ2n) is 15.8. The van der Waals surface area contributed by atoms with Gasteiger partial charge < -0.3 is 9.13 Å². The third kappa shape index (κ3) is 4.85. The molecule has 10 aromatic carbocycles. The molecule has 0 aliphatic carbocycles. The predicted molar refractivity (Wildman–Crippen MR) is 250 cm³/mol. The van der Waals surface area contributed by atoms with Crippen molar-refractivity contribution in [3.63, 3.8) is 0 Å². The summed E-state index contributed by atoms with van der Waals surface area (Å²) in [4.78, 5) is 10.2. The molecule has 0 amide bonds. The fourth-order valence-corrected chi connectivity index (χ4v) is 9.77. The highest BCUT2D eigenvalue weighted by Gasteiger charge is 2.22. The van der Waals surface area contributed by atoms with Gasteiger partial charge >= 0.3 is 0 Å². The molecule has 0 bridgehead atoms. The summed E-state index contributed by atoms with van der Waals surface area (Å²) in [5, 5.41) is 10.2. The highest BCUT2D eigenvalue weighted by atomic mass is 15.0. The van der Waals surface area contributed by atoms with Gasteiger partial charge in [0.25, 0.3) is 0 Å². The van der Waals surface area contributed by atoms with Crippen LogP contribution in [-0.2, 0) is 0 Å². The summed E-state index contributed by atoms with van der Waals surface area (Å²) in [7, 11) is 0. The van der Waals surface area contributed by atoms with Crippen LogP contribution in [0.2, 0.25) is 0 Å². The maximum Gasteiger partial charge on any atom is 0.160 e. The molecule has 0 aliphatic heterocycles. The second kappa shape index (κ2) is 12.7. The van der Waals surface area contributed by atoms with E-state index in [0.29, 0.717) is 5.82 Å². The number of hydrogen-bond acceptors (Lipinski definition) is 2. The minimum Gasteiger partial charge on any atom is -0.309 e. The molecule has 13 rings (SSSR count). The topological polar surface area (TPSA) is 35.6 Å². The van der Waals surface area contributed by atoms with E-state index >= 15 is 0 Å². The van der Waals surface area contributed by atoms with Gasteiger partial charge in [-0.2, -0.15) is 0 Å². The summed E-state index contributed by atoms with van der Waals surface area (Å²) >= 11 is 0. The number of para-hydroxylation sites is 1. The maximum atomic E-state index is 5.10. The van der Waals surface area contributed by atoms with Crippen molar-refractivity contribution >= 4 is 65.2 Å². The minimum atomic E-state index is 0.702. The molecular formula is C56H34N4. The molecule has 0 N–H and O–H groups in total. The van der Waals surface area contributed by atoms with Crippen molar-refractivity contribution in [3.8, 4) is 56.4 Å². The quantitative estimate of drug-likeness (QED) is 0.158. The fraction of sp³-hybridized carbons (Fsp3) is 0. The normalized spacial score (nSPS) is 12.0. The van der Waals surface area contributed by atoms with Crippen LogP contribution in [0.5, 0.6) is 0 Å². The van der Waals surface area contributed by atoms with Crippen molar-refractivity contribution in [2.45, 2.75) is 0 Å². The zero-order chi connectivity index (χ0) is 39.3. The van der Waals surface area contributed by atoms with Crippen molar-refractivity contribution in [3.05, 3.63) is 206 Å². The average molecular weight is 763 g/mol. The van der Waals surface area contributed by atoms with E-state index in [0.717, 1.165) is 33.8 Å². The van der Waals surface area contributed by atoms with Gasteiger partial charge in [0.15, 0.2) is 5.82 Å². The largest absolute Gasteiger partial charge is 0.309 e. The number of nitrogens with zero attached hydrogens (tertiary/aromatic N) is 4. The maximum absolute atomic E-state index is 5.10. The predicted octanol–water partition coefficient (Wildman–Crippen LogP) is 14.5. The van der Waals surface area contributed by atoms with Crippen LogP contribution >= 0.6 is 0 Å². The first-order valence-corrected chi connectivity index (χ1v) is 20.5. The van der Waals surface area contributed by atoms with Gasteiger partial charge in [-0.1, -0.05) is 133 Å². The van der Waals surface area contributed by atoms with Gasteiger partial charge in [0.1, 0.15) is 0 Å². The molecule has 60 heavy (non-hydrogen) atoms. The van der Waals surface area contributed by atoms with Crippen molar-refractivity contribution in [2.75, 3.05) is 0 Å². The van der Waals surface area contributed by atoms with Gasteiger partial charge in [-0.25, -0.2) is 9.97 Å².